The number of imide groups is 1. The van der Waals surface area contributed by atoms with E-state index in [0.717, 1.165) is 11.0 Å². The minimum Gasteiger partial charge on any atom is -0.387 e. The zero-order chi connectivity index (χ0) is 18.2. The third-order valence-corrected chi connectivity index (χ3v) is 4.29. The van der Waals surface area contributed by atoms with Gasteiger partial charge in [0.25, 0.3) is 5.91 Å². The van der Waals surface area contributed by atoms with Gasteiger partial charge in [0.1, 0.15) is 17.2 Å². The summed E-state index contributed by atoms with van der Waals surface area (Å²) in [6.07, 6.45) is -1.22. The van der Waals surface area contributed by atoms with Crippen LogP contribution >= 0.6 is 0 Å². The van der Waals surface area contributed by atoms with Gasteiger partial charge in [0.05, 0.1) is 12.6 Å². The molecule has 0 spiro atoms. The minimum absolute atomic E-state index is 0.260. The Balaban J connectivity index is 1.83. The molecule has 2 N–H and O–H groups in total. The third-order valence-electron chi connectivity index (χ3n) is 4.29. The van der Waals surface area contributed by atoms with Gasteiger partial charge >= 0.3 is 6.03 Å². The number of aliphatic hydroxyl groups excluding tert-OH is 1. The summed E-state index contributed by atoms with van der Waals surface area (Å²) in [6, 6.07) is 9.87. The maximum Gasteiger partial charge on any atom is 0.325 e. The third kappa shape index (κ3) is 3.10. The van der Waals surface area contributed by atoms with E-state index < -0.39 is 35.2 Å². The van der Waals surface area contributed by atoms with Crippen molar-refractivity contribution in [2.75, 3.05) is 6.54 Å². The zero-order valence-electron chi connectivity index (χ0n) is 13.4. The second kappa shape index (κ2) is 6.25. The van der Waals surface area contributed by atoms with Gasteiger partial charge in [0, 0.05) is 0 Å². The number of carbonyl (C=O) groups is 2. The van der Waals surface area contributed by atoms with E-state index in [1.165, 1.54) is 49.4 Å². The van der Waals surface area contributed by atoms with Crippen molar-refractivity contribution in [2.24, 2.45) is 0 Å². The molecular formula is C18H16F2N2O3. The maximum absolute atomic E-state index is 13.3. The molecule has 1 saturated heterocycles. The Morgan fingerprint density at radius 3 is 2.44 bits per heavy atom. The van der Waals surface area contributed by atoms with Gasteiger partial charge in [-0.3, -0.25) is 9.69 Å². The molecule has 1 aliphatic heterocycles. The van der Waals surface area contributed by atoms with Crippen LogP contribution in [0.3, 0.4) is 0 Å². The Morgan fingerprint density at radius 2 is 1.80 bits per heavy atom. The van der Waals surface area contributed by atoms with Crippen LogP contribution in [-0.4, -0.2) is 28.5 Å². The summed E-state index contributed by atoms with van der Waals surface area (Å²) in [4.78, 5) is 25.8. The summed E-state index contributed by atoms with van der Waals surface area (Å²) >= 11 is 0. The molecule has 7 heteroatoms. The molecule has 25 heavy (non-hydrogen) atoms. The number of halogens is 2. The minimum atomic E-state index is -1.35. The van der Waals surface area contributed by atoms with Gasteiger partial charge in [-0.1, -0.05) is 24.3 Å². The van der Waals surface area contributed by atoms with Crippen LogP contribution in [0.1, 0.15) is 24.2 Å². The second-order valence-electron chi connectivity index (χ2n) is 6.05. The Labute approximate surface area is 142 Å². The van der Waals surface area contributed by atoms with Gasteiger partial charge in [-0.25, -0.2) is 13.6 Å². The highest BCUT2D eigenvalue weighted by molar-refractivity contribution is 6.07. The normalized spacial score (nSPS) is 21.4. The SMILES string of the molecule is C[C@@]1(c2ccc(F)cc2)NC(=O)N(C[C@@H](O)c2cccc(F)c2)C1=O. The summed E-state index contributed by atoms with van der Waals surface area (Å²) in [7, 11) is 0. The molecule has 2 aromatic carbocycles. The summed E-state index contributed by atoms with van der Waals surface area (Å²) in [5.41, 5.74) is -0.669. The first kappa shape index (κ1) is 17.0. The van der Waals surface area contributed by atoms with Crippen LogP contribution in [0.2, 0.25) is 0 Å². The van der Waals surface area contributed by atoms with E-state index in [0.29, 0.717) is 5.56 Å². The number of nitrogens with one attached hydrogen (secondary N) is 1. The van der Waals surface area contributed by atoms with Crippen molar-refractivity contribution in [3.8, 4) is 0 Å². The number of nitrogens with zero attached hydrogens (tertiary/aromatic N) is 1. The summed E-state index contributed by atoms with van der Waals surface area (Å²) in [5.74, 6) is -1.55. The number of amides is 3. The fraction of sp³-hybridized carbons (Fsp3) is 0.222. The van der Waals surface area contributed by atoms with Gasteiger partial charge in [-0.15, -0.1) is 0 Å². The standard InChI is InChI=1S/C18H16F2N2O3/c1-18(12-5-7-13(19)8-6-12)16(24)22(17(25)21-18)10-15(23)11-3-2-4-14(20)9-11/h2-9,15,23H,10H2,1H3,(H,21,25)/t15-,18+/m1/s1. The first-order valence-corrected chi connectivity index (χ1v) is 7.65. The van der Waals surface area contributed by atoms with Gasteiger partial charge in [-0.05, 0) is 42.3 Å². The van der Waals surface area contributed by atoms with Crippen LogP contribution in [0, 0.1) is 11.6 Å². The fourth-order valence-electron chi connectivity index (χ4n) is 2.83. The van der Waals surface area contributed by atoms with Crippen molar-refractivity contribution in [1.29, 1.82) is 0 Å². The van der Waals surface area contributed by atoms with Gasteiger partial charge in [0.2, 0.25) is 0 Å². The predicted octanol–water partition coefficient (Wildman–Crippen LogP) is 2.47. The van der Waals surface area contributed by atoms with Crippen molar-refractivity contribution in [2.45, 2.75) is 18.6 Å². The first-order chi connectivity index (χ1) is 11.8. The van der Waals surface area contributed by atoms with Crippen LogP contribution in [0.25, 0.3) is 0 Å². The van der Waals surface area contributed by atoms with Gasteiger partial charge < -0.3 is 10.4 Å². The number of aliphatic hydroxyl groups is 1. The molecule has 1 heterocycles. The van der Waals surface area contributed by atoms with Crippen LogP contribution in [0.4, 0.5) is 13.6 Å². The van der Waals surface area contributed by atoms with E-state index in [9.17, 15) is 23.5 Å². The lowest BCUT2D eigenvalue weighted by molar-refractivity contribution is -0.132. The zero-order valence-corrected chi connectivity index (χ0v) is 13.4. The monoisotopic (exact) mass is 346 g/mol. The molecule has 3 rings (SSSR count). The lowest BCUT2D eigenvalue weighted by Gasteiger charge is -2.23. The molecule has 3 amide bonds. The predicted molar refractivity (Wildman–Crippen MR) is 85.4 cm³/mol. The Hall–Kier alpha value is -2.80. The number of hydrogen-bond acceptors (Lipinski definition) is 3. The van der Waals surface area contributed by atoms with Crippen molar-refractivity contribution < 1.29 is 23.5 Å². The number of hydrogen-bond donors (Lipinski definition) is 2. The Kier molecular flexibility index (Phi) is 4.26. The smallest absolute Gasteiger partial charge is 0.325 e. The Morgan fingerprint density at radius 1 is 1.12 bits per heavy atom. The van der Waals surface area contributed by atoms with E-state index >= 15 is 0 Å². The number of benzene rings is 2. The molecule has 1 aliphatic rings. The van der Waals surface area contributed by atoms with E-state index in [-0.39, 0.29) is 12.1 Å². The average molecular weight is 346 g/mol. The lowest BCUT2D eigenvalue weighted by Crippen LogP contribution is -2.41. The molecular weight excluding hydrogens is 330 g/mol. The number of β-amino-alcohol motifs (C(OH)–C–C–N with tert-alkyl or cyclic N) is 1. The highest BCUT2D eigenvalue weighted by atomic mass is 19.1. The van der Waals surface area contributed by atoms with E-state index in [2.05, 4.69) is 5.32 Å². The quantitative estimate of drug-likeness (QED) is 0.836. The topological polar surface area (TPSA) is 69.6 Å². The molecule has 0 radical (unpaired) electrons. The van der Waals surface area contributed by atoms with Gasteiger partial charge in [0.15, 0.2) is 0 Å². The molecule has 2 atom stereocenters. The van der Waals surface area contributed by atoms with Crippen molar-refractivity contribution in [3.05, 3.63) is 71.3 Å². The molecule has 2 aromatic rings. The summed E-state index contributed by atoms with van der Waals surface area (Å²) in [5, 5.41) is 12.8. The van der Waals surface area contributed by atoms with Crippen molar-refractivity contribution >= 4 is 11.9 Å². The largest absolute Gasteiger partial charge is 0.387 e. The molecule has 0 saturated carbocycles. The molecule has 0 aromatic heterocycles. The van der Waals surface area contributed by atoms with Crippen LogP contribution in [0.15, 0.2) is 48.5 Å². The molecule has 0 aliphatic carbocycles. The molecule has 0 unspecified atom stereocenters. The van der Waals surface area contributed by atoms with Crippen LogP contribution in [0.5, 0.6) is 0 Å². The first-order valence-electron chi connectivity index (χ1n) is 7.65. The van der Waals surface area contributed by atoms with Crippen LogP contribution in [-0.2, 0) is 10.3 Å². The van der Waals surface area contributed by atoms with E-state index in [1.807, 2.05) is 0 Å². The number of carbonyl (C=O) groups excluding carboxylic acids is 2. The molecule has 1 fully saturated rings. The maximum atomic E-state index is 13.3. The Bertz CT molecular complexity index is 825. The number of urea groups is 1. The van der Waals surface area contributed by atoms with Crippen molar-refractivity contribution in [1.82, 2.24) is 10.2 Å². The van der Waals surface area contributed by atoms with Crippen LogP contribution < -0.4 is 5.32 Å². The second-order valence-corrected chi connectivity index (χ2v) is 6.05. The lowest BCUT2D eigenvalue weighted by atomic mass is 9.92. The summed E-state index contributed by atoms with van der Waals surface area (Å²) < 4.78 is 26.4. The highest BCUT2D eigenvalue weighted by Gasteiger charge is 2.49. The average Bonchev–Trinajstić information content (AvgIpc) is 2.79. The molecule has 5 nitrogen and oxygen atoms in total. The summed E-state index contributed by atoms with van der Waals surface area (Å²) in [6.45, 7) is 1.19. The van der Waals surface area contributed by atoms with E-state index in [1.54, 1.807) is 0 Å². The van der Waals surface area contributed by atoms with E-state index in [4.69, 9.17) is 0 Å². The van der Waals surface area contributed by atoms with Crippen molar-refractivity contribution in [3.63, 3.8) is 0 Å². The van der Waals surface area contributed by atoms with Gasteiger partial charge in [-0.2, -0.15) is 0 Å². The fourth-order valence-corrected chi connectivity index (χ4v) is 2.83. The number of rotatable bonds is 4. The molecule has 0 bridgehead atoms. The molecule has 130 valence electrons. The highest BCUT2D eigenvalue weighted by Crippen LogP contribution is 2.30.